The molecule has 9 heteroatoms. The second-order valence-corrected chi connectivity index (χ2v) is 7.40. The van der Waals surface area contributed by atoms with Crippen molar-refractivity contribution in [2.45, 2.75) is 25.3 Å². The smallest absolute Gasteiger partial charge is 0.323 e. The molecule has 1 saturated carbocycles. The number of aromatic nitrogens is 1. The SMILES string of the molecule is O=C(Cc1csc(N2CCNC2=O)n1)Nc1cccc(C(=O)NC2CC2)c1. The Balaban J connectivity index is 1.36. The Bertz CT molecular complexity index is 893. The normalized spacial score (nSPS) is 16.1. The molecule has 0 spiro atoms. The van der Waals surface area contributed by atoms with Crippen LogP contribution < -0.4 is 20.9 Å². The number of urea groups is 1. The highest BCUT2D eigenvalue weighted by Crippen LogP contribution is 2.23. The van der Waals surface area contributed by atoms with Gasteiger partial charge in [-0.2, -0.15) is 0 Å². The highest BCUT2D eigenvalue weighted by Gasteiger charge is 2.25. The van der Waals surface area contributed by atoms with Crippen molar-refractivity contribution in [3.8, 4) is 0 Å². The molecule has 1 aliphatic carbocycles. The minimum Gasteiger partial charge on any atom is -0.349 e. The number of rotatable bonds is 6. The third-order valence-corrected chi connectivity index (χ3v) is 5.20. The fourth-order valence-corrected chi connectivity index (χ4v) is 3.61. The highest BCUT2D eigenvalue weighted by molar-refractivity contribution is 7.14. The second kappa shape index (κ2) is 7.36. The standard InChI is InChI=1S/C18H19N5O3S/c24-15(9-14-10-27-18(22-14)23-7-6-19-17(23)26)20-13-3-1-2-11(8-13)16(25)21-12-4-5-12/h1-3,8,10,12H,4-7,9H2,(H,19,26)(H,20,24)(H,21,25). The first-order valence-corrected chi connectivity index (χ1v) is 9.67. The minimum atomic E-state index is -0.225. The summed E-state index contributed by atoms with van der Waals surface area (Å²) < 4.78 is 0. The summed E-state index contributed by atoms with van der Waals surface area (Å²) in [7, 11) is 0. The van der Waals surface area contributed by atoms with Gasteiger partial charge in [0.05, 0.1) is 12.1 Å². The Morgan fingerprint density at radius 1 is 1.33 bits per heavy atom. The number of anilines is 2. The Kier molecular flexibility index (Phi) is 4.76. The van der Waals surface area contributed by atoms with Crippen molar-refractivity contribution in [3.63, 3.8) is 0 Å². The van der Waals surface area contributed by atoms with Crippen molar-refractivity contribution in [3.05, 3.63) is 40.9 Å². The maximum atomic E-state index is 12.3. The van der Waals surface area contributed by atoms with Crippen LogP contribution in [-0.2, 0) is 11.2 Å². The predicted octanol–water partition coefficient (Wildman–Crippen LogP) is 1.75. The molecule has 1 aromatic heterocycles. The Morgan fingerprint density at radius 2 is 2.19 bits per heavy atom. The number of nitrogens with zero attached hydrogens (tertiary/aromatic N) is 2. The Labute approximate surface area is 160 Å². The van der Waals surface area contributed by atoms with E-state index in [1.807, 2.05) is 0 Å². The van der Waals surface area contributed by atoms with Crippen LogP contribution in [0.25, 0.3) is 0 Å². The lowest BCUT2D eigenvalue weighted by Crippen LogP contribution is -2.27. The zero-order valence-corrected chi connectivity index (χ0v) is 15.3. The number of carbonyl (C=O) groups excluding carboxylic acids is 3. The summed E-state index contributed by atoms with van der Waals surface area (Å²) in [5.74, 6) is -0.348. The molecule has 2 aromatic rings. The number of amides is 4. The quantitative estimate of drug-likeness (QED) is 0.705. The van der Waals surface area contributed by atoms with Gasteiger partial charge < -0.3 is 16.0 Å². The lowest BCUT2D eigenvalue weighted by atomic mass is 10.2. The highest BCUT2D eigenvalue weighted by atomic mass is 32.1. The van der Waals surface area contributed by atoms with Crippen LogP contribution in [0.2, 0.25) is 0 Å². The zero-order chi connectivity index (χ0) is 18.8. The third kappa shape index (κ3) is 4.25. The van der Waals surface area contributed by atoms with Crippen LogP contribution in [0.4, 0.5) is 15.6 Å². The summed E-state index contributed by atoms with van der Waals surface area (Å²) in [6, 6.07) is 6.99. The van der Waals surface area contributed by atoms with E-state index in [0.717, 1.165) is 12.8 Å². The van der Waals surface area contributed by atoms with Gasteiger partial charge >= 0.3 is 6.03 Å². The van der Waals surface area contributed by atoms with Crippen LogP contribution in [0.3, 0.4) is 0 Å². The van der Waals surface area contributed by atoms with E-state index in [4.69, 9.17) is 0 Å². The van der Waals surface area contributed by atoms with E-state index in [1.54, 1.807) is 34.5 Å². The van der Waals surface area contributed by atoms with Crippen LogP contribution in [-0.4, -0.2) is 42.0 Å². The molecule has 27 heavy (non-hydrogen) atoms. The van der Waals surface area contributed by atoms with Gasteiger partial charge in [-0.25, -0.2) is 9.78 Å². The molecule has 0 atom stereocenters. The monoisotopic (exact) mass is 385 g/mol. The summed E-state index contributed by atoms with van der Waals surface area (Å²) >= 11 is 1.34. The van der Waals surface area contributed by atoms with Gasteiger partial charge in [-0.15, -0.1) is 11.3 Å². The van der Waals surface area contributed by atoms with Crippen molar-refractivity contribution in [1.29, 1.82) is 0 Å². The van der Waals surface area contributed by atoms with Gasteiger partial charge in [0.25, 0.3) is 5.91 Å². The zero-order valence-electron chi connectivity index (χ0n) is 14.5. The molecule has 4 amide bonds. The van der Waals surface area contributed by atoms with Crippen LogP contribution in [0.5, 0.6) is 0 Å². The molecule has 2 aliphatic rings. The third-order valence-electron chi connectivity index (χ3n) is 4.29. The van der Waals surface area contributed by atoms with E-state index < -0.39 is 0 Å². The first-order valence-electron chi connectivity index (χ1n) is 8.79. The molecule has 8 nitrogen and oxygen atoms in total. The van der Waals surface area contributed by atoms with Gasteiger partial charge in [0.15, 0.2) is 5.13 Å². The molecule has 1 saturated heterocycles. The topological polar surface area (TPSA) is 103 Å². The van der Waals surface area contributed by atoms with Gasteiger partial charge in [-0.3, -0.25) is 14.5 Å². The van der Waals surface area contributed by atoms with Gasteiger partial charge in [0, 0.05) is 35.8 Å². The van der Waals surface area contributed by atoms with E-state index in [0.29, 0.717) is 35.2 Å². The average Bonchev–Trinajstić information content (AvgIpc) is 3.16. The second-order valence-electron chi connectivity index (χ2n) is 6.56. The van der Waals surface area contributed by atoms with E-state index in [2.05, 4.69) is 20.9 Å². The van der Waals surface area contributed by atoms with Gasteiger partial charge in [0.1, 0.15) is 0 Å². The molecule has 3 N–H and O–H groups in total. The van der Waals surface area contributed by atoms with E-state index in [-0.39, 0.29) is 30.3 Å². The summed E-state index contributed by atoms with van der Waals surface area (Å²) in [5.41, 5.74) is 1.70. The summed E-state index contributed by atoms with van der Waals surface area (Å²) in [6.07, 6.45) is 2.15. The fraction of sp³-hybridized carbons (Fsp3) is 0.333. The first kappa shape index (κ1) is 17.5. The maximum Gasteiger partial charge on any atom is 0.323 e. The molecule has 140 valence electrons. The lowest BCUT2D eigenvalue weighted by Gasteiger charge is -2.09. The lowest BCUT2D eigenvalue weighted by molar-refractivity contribution is -0.115. The largest absolute Gasteiger partial charge is 0.349 e. The number of hydrogen-bond donors (Lipinski definition) is 3. The number of hydrogen-bond acceptors (Lipinski definition) is 5. The van der Waals surface area contributed by atoms with Gasteiger partial charge in [0.2, 0.25) is 5.91 Å². The van der Waals surface area contributed by atoms with Crippen LogP contribution in [0, 0.1) is 0 Å². The van der Waals surface area contributed by atoms with E-state index >= 15 is 0 Å². The first-order chi connectivity index (χ1) is 13.1. The van der Waals surface area contributed by atoms with Crippen LogP contribution in [0.1, 0.15) is 28.9 Å². The molecule has 1 aliphatic heterocycles. The molecule has 4 rings (SSSR count). The minimum absolute atomic E-state index is 0.102. The molecule has 1 aromatic carbocycles. The maximum absolute atomic E-state index is 12.3. The van der Waals surface area contributed by atoms with Crippen molar-refractivity contribution in [2.24, 2.45) is 0 Å². The van der Waals surface area contributed by atoms with E-state index in [9.17, 15) is 14.4 Å². The van der Waals surface area contributed by atoms with Crippen molar-refractivity contribution >= 4 is 40.0 Å². The van der Waals surface area contributed by atoms with Crippen LogP contribution >= 0.6 is 11.3 Å². The molecule has 0 unspecified atom stereocenters. The van der Waals surface area contributed by atoms with Crippen molar-refractivity contribution < 1.29 is 14.4 Å². The van der Waals surface area contributed by atoms with Crippen LogP contribution in [0.15, 0.2) is 29.6 Å². The van der Waals surface area contributed by atoms with Crippen molar-refractivity contribution in [1.82, 2.24) is 15.6 Å². The molecule has 2 fully saturated rings. The molecule has 0 bridgehead atoms. The molecular weight excluding hydrogens is 366 g/mol. The molecule has 0 radical (unpaired) electrons. The van der Waals surface area contributed by atoms with Crippen molar-refractivity contribution in [2.75, 3.05) is 23.3 Å². The Morgan fingerprint density at radius 3 is 2.93 bits per heavy atom. The number of carbonyl (C=O) groups is 3. The van der Waals surface area contributed by atoms with Gasteiger partial charge in [-0.1, -0.05) is 6.07 Å². The molecule has 2 heterocycles. The predicted molar refractivity (Wildman–Crippen MR) is 102 cm³/mol. The number of nitrogens with one attached hydrogen (secondary N) is 3. The summed E-state index contributed by atoms with van der Waals surface area (Å²) in [5, 5.41) is 10.8. The van der Waals surface area contributed by atoms with E-state index in [1.165, 1.54) is 11.3 Å². The Hall–Kier alpha value is -2.94. The summed E-state index contributed by atoms with van der Waals surface area (Å²) in [4.78, 5) is 42.0. The number of benzene rings is 1. The summed E-state index contributed by atoms with van der Waals surface area (Å²) in [6.45, 7) is 1.17. The molecular formula is C18H19N5O3S. The number of thiazole rings is 1. The average molecular weight is 385 g/mol. The van der Waals surface area contributed by atoms with Gasteiger partial charge in [-0.05, 0) is 31.0 Å². The fourth-order valence-electron chi connectivity index (χ4n) is 2.76.